The lowest BCUT2D eigenvalue weighted by Gasteiger charge is -2.36. The molecular formula is C16H22ClN3O. The van der Waals surface area contributed by atoms with Gasteiger partial charge in [0.2, 0.25) is 0 Å². The Morgan fingerprint density at radius 1 is 1.38 bits per heavy atom. The SMILES string of the molecule is CC1CN(C(N)=NC2CC(c3ccccc3Cl)C2)CCO1. The molecule has 2 fully saturated rings. The van der Waals surface area contributed by atoms with Gasteiger partial charge in [0.05, 0.1) is 18.8 Å². The van der Waals surface area contributed by atoms with E-state index in [1.54, 1.807) is 0 Å². The standard InChI is InChI=1S/C16H22ClN3O/c1-11-10-20(6-7-21-11)16(18)19-13-8-12(9-13)14-4-2-3-5-15(14)17/h2-5,11-13H,6-10H2,1H3,(H2,18,19). The molecule has 0 spiro atoms. The zero-order valence-electron chi connectivity index (χ0n) is 12.3. The molecule has 2 N–H and O–H groups in total. The molecule has 21 heavy (non-hydrogen) atoms. The molecule has 3 rings (SSSR count). The summed E-state index contributed by atoms with van der Waals surface area (Å²) in [5.41, 5.74) is 7.37. The lowest BCUT2D eigenvalue weighted by molar-refractivity contribution is 0.00512. The van der Waals surface area contributed by atoms with Crippen molar-refractivity contribution in [3.63, 3.8) is 0 Å². The van der Waals surface area contributed by atoms with E-state index < -0.39 is 0 Å². The smallest absolute Gasteiger partial charge is 0.191 e. The van der Waals surface area contributed by atoms with E-state index in [0.717, 1.165) is 37.6 Å². The second-order valence-corrected chi connectivity index (χ2v) is 6.37. The van der Waals surface area contributed by atoms with E-state index in [9.17, 15) is 0 Å². The quantitative estimate of drug-likeness (QED) is 0.675. The van der Waals surface area contributed by atoms with Crippen LogP contribution in [0, 0.1) is 0 Å². The van der Waals surface area contributed by atoms with Gasteiger partial charge in [-0.3, -0.25) is 0 Å². The molecule has 1 unspecified atom stereocenters. The van der Waals surface area contributed by atoms with Crippen LogP contribution in [0.25, 0.3) is 0 Å². The van der Waals surface area contributed by atoms with Crippen molar-refractivity contribution >= 4 is 17.6 Å². The lowest BCUT2D eigenvalue weighted by atomic mass is 9.76. The van der Waals surface area contributed by atoms with Crippen LogP contribution < -0.4 is 5.73 Å². The molecule has 1 saturated carbocycles. The van der Waals surface area contributed by atoms with Crippen LogP contribution >= 0.6 is 11.6 Å². The summed E-state index contributed by atoms with van der Waals surface area (Å²) in [6, 6.07) is 8.40. The van der Waals surface area contributed by atoms with E-state index in [1.807, 2.05) is 18.2 Å². The van der Waals surface area contributed by atoms with Crippen molar-refractivity contribution in [1.29, 1.82) is 0 Å². The third-order valence-corrected chi connectivity index (χ3v) is 4.68. The predicted octanol–water partition coefficient (Wildman–Crippen LogP) is 2.62. The van der Waals surface area contributed by atoms with Gasteiger partial charge < -0.3 is 15.4 Å². The second-order valence-electron chi connectivity index (χ2n) is 5.96. The van der Waals surface area contributed by atoms with Gasteiger partial charge in [0.15, 0.2) is 5.96 Å². The fourth-order valence-corrected chi connectivity index (χ4v) is 3.34. The molecule has 0 amide bonds. The average molecular weight is 308 g/mol. The third kappa shape index (κ3) is 3.33. The molecule has 0 radical (unpaired) electrons. The van der Waals surface area contributed by atoms with Gasteiger partial charge in [-0.2, -0.15) is 0 Å². The average Bonchev–Trinajstić information content (AvgIpc) is 2.43. The summed E-state index contributed by atoms with van der Waals surface area (Å²) < 4.78 is 5.52. The Kier molecular flexibility index (Phi) is 4.36. The van der Waals surface area contributed by atoms with Gasteiger partial charge in [0.1, 0.15) is 0 Å². The van der Waals surface area contributed by atoms with Gasteiger partial charge in [-0.05, 0) is 37.3 Å². The van der Waals surface area contributed by atoms with Crippen molar-refractivity contribution in [2.24, 2.45) is 10.7 Å². The molecule has 1 aliphatic heterocycles. The van der Waals surface area contributed by atoms with Crippen LogP contribution in [0.3, 0.4) is 0 Å². The van der Waals surface area contributed by atoms with Crippen molar-refractivity contribution in [2.75, 3.05) is 19.7 Å². The maximum atomic E-state index is 6.24. The Balaban J connectivity index is 1.56. The maximum absolute atomic E-state index is 6.24. The van der Waals surface area contributed by atoms with Crippen molar-refractivity contribution in [2.45, 2.75) is 37.8 Å². The van der Waals surface area contributed by atoms with E-state index in [1.165, 1.54) is 5.56 Å². The van der Waals surface area contributed by atoms with E-state index >= 15 is 0 Å². The molecule has 1 aliphatic carbocycles. The Morgan fingerprint density at radius 3 is 2.86 bits per heavy atom. The number of aliphatic imine (C=N–C) groups is 1. The van der Waals surface area contributed by atoms with Crippen LogP contribution in [0.1, 0.15) is 31.2 Å². The number of halogens is 1. The Labute approximate surface area is 130 Å². The zero-order chi connectivity index (χ0) is 14.8. The molecule has 4 nitrogen and oxygen atoms in total. The van der Waals surface area contributed by atoms with Crippen LogP contribution in [0.4, 0.5) is 0 Å². The first kappa shape index (κ1) is 14.7. The van der Waals surface area contributed by atoms with Crippen LogP contribution in [0.2, 0.25) is 5.02 Å². The van der Waals surface area contributed by atoms with Crippen molar-refractivity contribution in [3.05, 3.63) is 34.9 Å². The van der Waals surface area contributed by atoms with Crippen molar-refractivity contribution in [3.8, 4) is 0 Å². The van der Waals surface area contributed by atoms with Gasteiger partial charge in [0.25, 0.3) is 0 Å². The Hall–Kier alpha value is -1.26. The third-order valence-electron chi connectivity index (χ3n) is 4.34. The first-order valence-corrected chi connectivity index (χ1v) is 7.95. The zero-order valence-corrected chi connectivity index (χ0v) is 13.1. The number of nitrogens with zero attached hydrogens (tertiary/aromatic N) is 2. The van der Waals surface area contributed by atoms with Gasteiger partial charge in [-0.1, -0.05) is 29.8 Å². The molecule has 1 saturated heterocycles. The number of ether oxygens (including phenoxy) is 1. The van der Waals surface area contributed by atoms with Gasteiger partial charge in [-0.25, -0.2) is 4.99 Å². The molecule has 1 aromatic carbocycles. The highest BCUT2D eigenvalue weighted by Crippen LogP contribution is 2.41. The van der Waals surface area contributed by atoms with Crippen molar-refractivity contribution < 1.29 is 4.74 Å². The van der Waals surface area contributed by atoms with Crippen molar-refractivity contribution in [1.82, 2.24) is 4.90 Å². The number of hydrogen-bond acceptors (Lipinski definition) is 2. The number of benzene rings is 1. The molecular weight excluding hydrogens is 286 g/mol. The van der Waals surface area contributed by atoms with E-state index in [-0.39, 0.29) is 6.10 Å². The van der Waals surface area contributed by atoms with E-state index in [0.29, 0.717) is 17.9 Å². The Morgan fingerprint density at radius 2 is 2.14 bits per heavy atom. The molecule has 1 heterocycles. The van der Waals surface area contributed by atoms with Gasteiger partial charge >= 0.3 is 0 Å². The largest absolute Gasteiger partial charge is 0.375 e. The van der Waals surface area contributed by atoms with E-state index in [4.69, 9.17) is 22.1 Å². The second kappa shape index (κ2) is 6.24. The summed E-state index contributed by atoms with van der Waals surface area (Å²) in [6.07, 6.45) is 2.29. The monoisotopic (exact) mass is 307 g/mol. The summed E-state index contributed by atoms with van der Waals surface area (Å²) in [7, 11) is 0. The summed E-state index contributed by atoms with van der Waals surface area (Å²) in [6.45, 7) is 4.46. The maximum Gasteiger partial charge on any atom is 0.191 e. The van der Waals surface area contributed by atoms with Crippen LogP contribution in [-0.4, -0.2) is 42.7 Å². The molecule has 0 bridgehead atoms. The number of rotatable bonds is 2. The molecule has 1 aromatic rings. The normalized spacial score (nSPS) is 30.1. The molecule has 5 heteroatoms. The Bertz CT molecular complexity index is 528. The van der Waals surface area contributed by atoms with Gasteiger partial charge in [-0.15, -0.1) is 0 Å². The van der Waals surface area contributed by atoms with Crippen LogP contribution in [0.5, 0.6) is 0 Å². The number of nitrogens with two attached hydrogens (primary N) is 1. The molecule has 0 aromatic heterocycles. The number of morpholine rings is 1. The fourth-order valence-electron chi connectivity index (χ4n) is 3.05. The summed E-state index contributed by atoms with van der Waals surface area (Å²) in [5, 5.41) is 0.861. The highest BCUT2D eigenvalue weighted by molar-refractivity contribution is 6.31. The minimum absolute atomic E-state index is 0.227. The summed E-state index contributed by atoms with van der Waals surface area (Å²) >= 11 is 6.24. The number of guanidine groups is 1. The first-order chi connectivity index (χ1) is 10.1. The van der Waals surface area contributed by atoms with Gasteiger partial charge in [0, 0.05) is 18.1 Å². The highest BCUT2D eigenvalue weighted by atomic mass is 35.5. The highest BCUT2D eigenvalue weighted by Gasteiger charge is 2.32. The van der Waals surface area contributed by atoms with Crippen LogP contribution in [-0.2, 0) is 4.74 Å². The summed E-state index contributed by atoms with van der Waals surface area (Å²) in [4.78, 5) is 6.79. The first-order valence-electron chi connectivity index (χ1n) is 7.57. The minimum atomic E-state index is 0.227. The van der Waals surface area contributed by atoms with Crippen LogP contribution in [0.15, 0.2) is 29.3 Å². The molecule has 2 aliphatic rings. The number of hydrogen-bond donors (Lipinski definition) is 1. The van der Waals surface area contributed by atoms with E-state index in [2.05, 4.69) is 22.9 Å². The molecule has 1 atom stereocenters. The fraction of sp³-hybridized carbons (Fsp3) is 0.562. The summed E-state index contributed by atoms with van der Waals surface area (Å²) in [5.74, 6) is 1.18. The predicted molar refractivity (Wildman–Crippen MR) is 85.8 cm³/mol. The molecule has 114 valence electrons. The topological polar surface area (TPSA) is 50.8 Å². The minimum Gasteiger partial charge on any atom is -0.375 e. The lowest BCUT2D eigenvalue weighted by Crippen LogP contribution is -2.48.